The van der Waals surface area contributed by atoms with Crippen LogP contribution in [0.5, 0.6) is 5.75 Å². The largest absolute Gasteiger partial charge is 0.497 e. The second-order valence-electron chi connectivity index (χ2n) is 8.72. The number of benzene rings is 2. The van der Waals surface area contributed by atoms with Crippen LogP contribution >= 0.6 is 0 Å². The highest BCUT2D eigenvalue weighted by atomic mass is 16.5. The van der Waals surface area contributed by atoms with E-state index in [-0.39, 0.29) is 29.9 Å². The highest BCUT2D eigenvalue weighted by molar-refractivity contribution is 5.94. The molecule has 3 rings (SSSR count). The number of urea groups is 1. The van der Waals surface area contributed by atoms with E-state index < -0.39 is 0 Å². The number of hydrogen-bond acceptors (Lipinski definition) is 3. The molecule has 0 radical (unpaired) electrons. The fourth-order valence-electron chi connectivity index (χ4n) is 4.20. The normalized spacial score (nSPS) is 17.0. The van der Waals surface area contributed by atoms with Crippen molar-refractivity contribution in [1.82, 2.24) is 15.5 Å². The third-order valence-electron chi connectivity index (χ3n) is 5.97. The Morgan fingerprint density at radius 1 is 1.12 bits per heavy atom. The minimum absolute atomic E-state index is 0.0103. The molecule has 1 saturated heterocycles. The van der Waals surface area contributed by atoms with Crippen molar-refractivity contribution in [2.45, 2.75) is 58.0 Å². The van der Waals surface area contributed by atoms with E-state index in [4.69, 9.17) is 4.74 Å². The molecule has 1 fully saturated rings. The third-order valence-corrected chi connectivity index (χ3v) is 5.97. The molecule has 32 heavy (non-hydrogen) atoms. The lowest BCUT2D eigenvalue weighted by molar-refractivity contribution is 0.0935. The summed E-state index contributed by atoms with van der Waals surface area (Å²) in [6.07, 6.45) is 2.77. The van der Waals surface area contributed by atoms with Crippen LogP contribution in [0.15, 0.2) is 48.5 Å². The lowest BCUT2D eigenvalue weighted by atomic mass is 9.89. The Balaban J connectivity index is 1.69. The number of nitrogens with zero attached hydrogens (tertiary/aromatic N) is 1. The van der Waals surface area contributed by atoms with Crippen LogP contribution in [0.3, 0.4) is 0 Å². The number of amides is 3. The molecule has 2 N–H and O–H groups in total. The number of carbonyl (C=O) groups is 2. The Hall–Kier alpha value is -3.02. The molecule has 0 aromatic heterocycles. The van der Waals surface area contributed by atoms with E-state index in [1.807, 2.05) is 61.2 Å². The van der Waals surface area contributed by atoms with Gasteiger partial charge in [-0.1, -0.05) is 31.2 Å². The lowest BCUT2D eigenvalue weighted by Gasteiger charge is -2.33. The second kappa shape index (κ2) is 11.0. The monoisotopic (exact) mass is 437 g/mol. The number of methoxy groups -OCH3 is 1. The molecule has 1 aliphatic rings. The average molecular weight is 438 g/mol. The standard InChI is InChI=1S/C26H35N3O3/c1-5-24(19-11-13-23(32-4)14-12-19)28-25(30)21-9-6-8-20(16-21)22-10-7-15-29(17-22)26(31)27-18(2)3/h6,8-9,11-14,16,18,22,24H,5,7,10,15,17H2,1-4H3,(H,27,31)(H,28,30). The summed E-state index contributed by atoms with van der Waals surface area (Å²) in [7, 11) is 1.64. The molecule has 0 aliphatic carbocycles. The second-order valence-corrected chi connectivity index (χ2v) is 8.72. The zero-order chi connectivity index (χ0) is 23.1. The molecule has 6 heteroatoms. The summed E-state index contributed by atoms with van der Waals surface area (Å²) in [6, 6.07) is 15.7. The smallest absolute Gasteiger partial charge is 0.317 e. The van der Waals surface area contributed by atoms with Gasteiger partial charge in [-0.15, -0.1) is 0 Å². The quantitative estimate of drug-likeness (QED) is 0.649. The van der Waals surface area contributed by atoms with E-state index >= 15 is 0 Å². The van der Waals surface area contributed by atoms with Crippen LogP contribution in [0.4, 0.5) is 4.79 Å². The maximum Gasteiger partial charge on any atom is 0.317 e. The van der Waals surface area contributed by atoms with Crippen LogP contribution in [0, 0.1) is 0 Å². The number of rotatable bonds is 7. The van der Waals surface area contributed by atoms with Gasteiger partial charge in [-0.25, -0.2) is 4.79 Å². The highest BCUT2D eigenvalue weighted by Crippen LogP contribution is 2.28. The lowest BCUT2D eigenvalue weighted by Crippen LogP contribution is -2.47. The van der Waals surface area contributed by atoms with Gasteiger partial charge in [-0.2, -0.15) is 0 Å². The predicted molar refractivity (Wildman–Crippen MR) is 127 cm³/mol. The summed E-state index contributed by atoms with van der Waals surface area (Å²) in [5, 5.41) is 6.14. The summed E-state index contributed by atoms with van der Waals surface area (Å²) in [4.78, 5) is 27.3. The van der Waals surface area contributed by atoms with Gasteiger partial charge in [0.2, 0.25) is 0 Å². The molecule has 0 saturated carbocycles. The zero-order valence-corrected chi connectivity index (χ0v) is 19.6. The molecule has 6 nitrogen and oxygen atoms in total. The van der Waals surface area contributed by atoms with Crippen LogP contribution in [0.1, 0.15) is 73.5 Å². The fraction of sp³-hybridized carbons (Fsp3) is 0.462. The molecule has 2 atom stereocenters. The van der Waals surface area contributed by atoms with Gasteiger partial charge in [0.05, 0.1) is 13.2 Å². The minimum Gasteiger partial charge on any atom is -0.497 e. The van der Waals surface area contributed by atoms with Crippen LogP contribution in [0.25, 0.3) is 0 Å². The van der Waals surface area contributed by atoms with Crippen molar-refractivity contribution in [3.05, 3.63) is 65.2 Å². The van der Waals surface area contributed by atoms with Crippen molar-refractivity contribution in [1.29, 1.82) is 0 Å². The number of carbonyl (C=O) groups excluding carboxylic acids is 2. The van der Waals surface area contributed by atoms with Gasteiger partial charge in [0.25, 0.3) is 5.91 Å². The first-order valence-corrected chi connectivity index (χ1v) is 11.5. The highest BCUT2D eigenvalue weighted by Gasteiger charge is 2.25. The Morgan fingerprint density at radius 3 is 2.53 bits per heavy atom. The molecular formula is C26H35N3O3. The molecule has 1 aliphatic heterocycles. The molecule has 2 aromatic carbocycles. The molecule has 0 bridgehead atoms. The van der Waals surface area contributed by atoms with E-state index in [0.29, 0.717) is 12.1 Å². The number of nitrogens with one attached hydrogen (secondary N) is 2. The van der Waals surface area contributed by atoms with Gasteiger partial charge in [-0.3, -0.25) is 4.79 Å². The topological polar surface area (TPSA) is 70.7 Å². The Bertz CT molecular complexity index is 911. The van der Waals surface area contributed by atoms with E-state index in [1.165, 1.54) is 0 Å². The van der Waals surface area contributed by atoms with Crippen molar-refractivity contribution in [3.8, 4) is 5.75 Å². The third kappa shape index (κ3) is 6.02. The van der Waals surface area contributed by atoms with Gasteiger partial charge < -0.3 is 20.3 Å². The molecule has 2 unspecified atom stereocenters. The van der Waals surface area contributed by atoms with Crippen molar-refractivity contribution in [2.75, 3.05) is 20.2 Å². The van der Waals surface area contributed by atoms with Crippen molar-refractivity contribution < 1.29 is 14.3 Å². The van der Waals surface area contributed by atoms with E-state index in [1.54, 1.807) is 7.11 Å². The number of hydrogen-bond donors (Lipinski definition) is 2. The molecule has 2 aromatic rings. The molecular weight excluding hydrogens is 402 g/mol. The minimum atomic E-state index is -0.0836. The van der Waals surface area contributed by atoms with Crippen molar-refractivity contribution in [3.63, 3.8) is 0 Å². The number of likely N-dealkylation sites (tertiary alicyclic amines) is 1. The maximum atomic E-state index is 13.0. The first-order chi connectivity index (χ1) is 15.4. The Morgan fingerprint density at radius 2 is 1.88 bits per heavy atom. The van der Waals surface area contributed by atoms with E-state index in [9.17, 15) is 9.59 Å². The van der Waals surface area contributed by atoms with Gasteiger partial charge in [-0.05, 0) is 68.5 Å². The maximum absolute atomic E-state index is 13.0. The van der Waals surface area contributed by atoms with Gasteiger partial charge in [0.15, 0.2) is 0 Å². The van der Waals surface area contributed by atoms with Crippen molar-refractivity contribution in [2.24, 2.45) is 0 Å². The summed E-state index contributed by atoms with van der Waals surface area (Å²) in [5.41, 5.74) is 2.81. The number of ether oxygens (including phenoxy) is 1. The first-order valence-electron chi connectivity index (χ1n) is 11.5. The first kappa shape index (κ1) is 23.6. The van der Waals surface area contributed by atoms with Crippen LogP contribution in [-0.2, 0) is 0 Å². The van der Waals surface area contributed by atoms with Crippen LogP contribution in [0.2, 0.25) is 0 Å². The molecule has 3 amide bonds. The SMILES string of the molecule is CCC(NC(=O)c1cccc(C2CCCN(C(=O)NC(C)C)C2)c1)c1ccc(OC)cc1. The number of piperidine rings is 1. The predicted octanol–water partition coefficient (Wildman–Crippen LogP) is 4.87. The van der Waals surface area contributed by atoms with Crippen LogP contribution in [-0.4, -0.2) is 43.1 Å². The summed E-state index contributed by atoms with van der Waals surface area (Å²) < 4.78 is 5.23. The van der Waals surface area contributed by atoms with Crippen LogP contribution < -0.4 is 15.4 Å². The van der Waals surface area contributed by atoms with Crippen molar-refractivity contribution >= 4 is 11.9 Å². The van der Waals surface area contributed by atoms with E-state index in [2.05, 4.69) is 23.6 Å². The average Bonchev–Trinajstić information content (AvgIpc) is 2.82. The Kier molecular flexibility index (Phi) is 8.14. The Labute approximate surface area is 191 Å². The van der Waals surface area contributed by atoms with Gasteiger partial charge in [0.1, 0.15) is 5.75 Å². The zero-order valence-electron chi connectivity index (χ0n) is 19.6. The fourth-order valence-corrected chi connectivity index (χ4v) is 4.20. The van der Waals surface area contributed by atoms with Gasteiger partial charge in [0, 0.05) is 30.6 Å². The molecule has 1 heterocycles. The molecule has 172 valence electrons. The summed E-state index contributed by atoms with van der Waals surface area (Å²) in [6.45, 7) is 7.45. The van der Waals surface area contributed by atoms with Gasteiger partial charge >= 0.3 is 6.03 Å². The van der Waals surface area contributed by atoms with E-state index in [0.717, 1.165) is 42.7 Å². The summed E-state index contributed by atoms with van der Waals surface area (Å²) >= 11 is 0. The molecule has 0 spiro atoms. The summed E-state index contributed by atoms with van der Waals surface area (Å²) in [5.74, 6) is 0.948.